The lowest BCUT2D eigenvalue weighted by molar-refractivity contribution is -0.149. The van der Waals surface area contributed by atoms with Gasteiger partial charge in [-0.25, -0.2) is 4.79 Å². The molecule has 2 fully saturated rings. The second-order valence-corrected chi connectivity index (χ2v) is 14.8. The molecular weight excluding hydrogens is 744 g/mol. The number of nitrogens with one attached hydrogen (secondary N) is 4. The minimum Gasteiger partial charge on any atom is -0.480 e. The summed E-state index contributed by atoms with van der Waals surface area (Å²) in [6.07, 6.45) is -0.747. The Bertz CT molecular complexity index is 1400. The van der Waals surface area contributed by atoms with Crippen molar-refractivity contribution in [1.29, 1.82) is 0 Å². The van der Waals surface area contributed by atoms with Crippen LogP contribution in [0.2, 0.25) is 0 Å². The Hall–Kier alpha value is -4.25. The van der Waals surface area contributed by atoms with Gasteiger partial charge < -0.3 is 68.7 Å². The summed E-state index contributed by atoms with van der Waals surface area (Å²) in [4.78, 5) is 98.6. The fourth-order valence-electron chi connectivity index (χ4n) is 6.27. The Labute approximate surface area is 323 Å². The number of nitrogens with zero attached hydrogens (tertiary/aromatic N) is 3. The summed E-state index contributed by atoms with van der Waals surface area (Å²) in [5, 5.41) is 50.1. The van der Waals surface area contributed by atoms with Crippen molar-refractivity contribution in [1.82, 2.24) is 31.1 Å². The first-order valence-corrected chi connectivity index (χ1v) is 19.6. The SMILES string of the molecule is CSCC[C@H](NC(=O)[C@@H](N)[C@@H](C)O)C(=O)N[C@H](C(=O)N1CCC[C@H]1C(=O)N1CCC[C@H]1C(=O)N[C@H](C(=O)N[C@@H](CCCN=C(N)N)C(=O)O)[C@@H](C)O)[C@@H](C)O. The van der Waals surface area contributed by atoms with Gasteiger partial charge in [-0.15, -0.1) is 0 Å². The number of hydrogen-bond acceptors (Lipinski definition) is 13. The molecule has 10 atom stereocenters. The van der Waals surface area contributed by atoms with Gasteiger partial charge in [0.05, 0.1) is 18.3 Å². The van der Waals surface area contributed by atoms with Gasteiger partial charge >= 0.3 is 5.97 Å². The third-order valence-corrected chi connectivity index (χ3v) is 10.0. The third kappa shape index (κ3) is 13.8. The maximum Gasteiger partial charge on any atom is 0.326 e. The fourth-order valence-corrected chi connectivity index (χ4v) is 6.74. The number of carboxylic acid groups (broad SMARTS) is 1. The lowest BCUT2D eigenvalue weighted by Crippen LogP contribution is -2.62. The highest BCUT2D eigenvalue weighted by molar-refractivity contribution is 7.98. The Kier molecular flexibility index (Phi) is 19.1. The number of carbonyl (C=O) groups is 7. The number of rotatable bonds is 21. The second-order valence-electron chi connectivity index (χ2n) is 13.8. The average Bonchev–Trinajstić information content (AvgIpc) is 3.82. The molecule has 2 rings (SSSR count). The van der Waals surface area contributed by atoms with Gasteiger partial charge in [0.15, 0.2) is 5.96 Å². The van der Waals surface area contributed by atoms with E-state index in [0.29, 0.717) is 18.6 Å². The first-order valence-electron chi connectivity index (χ1n) is 18.2. The largest absolute Gasteiger partial charge is 0.480 e. The average molecular weight is 803 g/mol. The molecule has 14 N–H and O–H groups in total. The van der Waals surface area contributed by atoms with Crippen LogP contribution in [0, 0.1) is 0 Å². The molecule has 0 aromatic heterocycles. The van der Waals surface area contributed by atoms with Crippen LogP contribution in [0.1, 0.15) is 65.7 Å². The summed E-state index contributed by atoms with van der Waals surface area (Å²) in [6, 6.07) is -9.07. The van der Waals surface area contributed by atoms with Crippen LogP contribution in [-0.4, -0.2) is 170 Å². The van der Waals surface area contributed by atoms with E-state index >= 15 is 0 Å². The topological polar surface area (TPSA) is 345 Å². The van der Waals surface area contributed by atoms with Crippen molar-refractivity contribution in [2.24, 2.45) is 22.2 Å². The first kappa shape index (κ1) is 46.9. The molecule has 2 aliphatic rings. The molecule has 0 unspecified atom stereocenters. The summed E-state index contributed by atoms with van der Waals surface area (Å²) < 4.78 is 0. The highest BCUT2D eigenvalue weighted by Gasteiger charge is 2.45. The van der Waals surface area contributed by atoms with Crippen LogP contribution in [0.15, 0.2) is 4.99 Å². The van der Waals surface area contributed by atoms with Crippen molar-refractivity contribution in [3.63, 3.8) is 0 Å². The molecule has 6 amide bonds. The van der Waals surface area contributed by atoms with Gasteiger partial charge in [-0.3, -0.25) is 33.8 Å². The number of likely N-dealkylation sites (tertiary alicyclic amines) is 2. The number of aliphatic carboxylic acids is 1. The molecular formula is C33H58N10O11S. The predicted octanol–water partition coefficient (Wildman–Crippen LogP) is -4.73. The number of carbonyl (C=O) groups excluding carboxylic acids is 6. The van der Waals surface area contributed by atoms with Gasteiger partial charge in [0.1, 0.15) is 42.3 Å². The number of nitrogens with two attached hydrogens (primary N) is 3. The van der Waals surface area contributed by atoms with E-state index in [1.165, 1.54) is 42.3 Å². The van der Waals surface area contributed by atoms with Crippen LogP contribution in [0.25, 0.3) is 0 Å². The van der Waals surface area contributed by atoms with Gasteiger partial charge in [-0.2, -0.15) is 11.8 Å². The summed E-state index contributed by atoms with van der Waals surface area (Å²) >= 11 is 1.40. The van der Waals surface area contributed by atoms with Crippen molar-refractivity contribution in [3.8, 4) is 0 Å². The van der Waals surface area contributed by atoms with Crippen LogP contribution in [-0.2, 0) is 33.6 Å². The van der Waals surface area contributed by atoms with Crippen LogP contribution in [0.5, 0.6) is 0 Å². The third-order valence-electron chi connectivity index (χ3n) is 9.39. The van der Waals surface area contributed by atoms with Crippen LogP contribution in [0.3, 0.4) is 0 Å². The number of aliphatic hydroxyl groups is 3. The fraction of sp³-hybridized carbons (Fsp3) is 0.758. The van der Waals surface area contributed by atoms with Crippen molar-refractivity contribution < 1.29 is 54.0 Å². The van der Waals surface area contributed by atoms with Crippen molar-refractivity contribution in [2.75, 3.05) is 31.6 Å². The minimum absolute atomic E-state index is 0.0483. The zero-order chi connectivity index (χ0) is 41.6. The maximum absolute atomic E-state index is 14.0. The van der Waals surface area contributed by atoms with Gasteiger partial charge in [0.25, 0.3) is 0 Å². The van der Waals surface area contributed by atoms with Crippen LogP contribution >= 0.6 is 11.8 Å². The quantitative estimate of drug-likeness (QED) is 0.0295. The maximum atomic E-state index is 14.0. The number of aliphatic hydroxyl groups excluding tert-OH is 3. The number of hydrogen-bond donors (Lipinski definition) is 11. The number of thioether (sulfide) groups is 1. The lowest BCUT2D eigenvalue weighted by Gasteiger charge is -2.34. The van der Waals surface area contributed by atoms with Gasteiger partial charge in [0.2, 0.25) is 35.4 Å². The molecule has 0 saturated carbocycles. The monoisotopic (exact) mass is 802 g/mol. The smallest absolute Gasteiger partial charge is 0.326 e. The van der Waals surface area contributed by atoms with Gasteiger partial charge in [0, 0.05) is 19.6 Å². The van der Waals surface area contributed by atoms with E-state index in [9.17, 15) is 54.0 Å². The number of carboxylic acids is 1. The van der Waals surface area contributed by atoms with Crippen molar-refractivity contribution in [2.45, 2.75) is 126 Å². The molecule has 21 nitrogen and oxygen atoms in total. The van der Waals surface area contributed by atoms with E-state index in [1.807, 2.05) is 0 Å². The van der Waals surface area contributed by atoms with E-state index < -0.39 is 102 Å². The summed E-state index contributed by atoms with van der Waals surface area (Å²) in [7, 11) is 0. The molecule has 0 bridgehead atoms. The first-order chi connectivity index (χ1) is 25.8. The van der Waals surface area contributed by atoms with Crippen LogP contribution in [0.4, 0.5) is 0 Å². The highest BCUT2D eigenvalue weighted by Crippen LogP contribution is 2.26. The minimum atomic E-state index is -1.57. The molecule has 0 aromatic rings. The Morgan fingerprint density at radius 1 is 0.764 bits per heavy atom. The van der Waals surface area contributed by atoms with Gasteiger partial charge in [-0.05, 0) is 77.7 Å². The standard InChI is InChI=1S/C33H58N10O11S/c1-16(44)23(34)28(49)38-19(11-15-55-4)26(47)41-25(18(3)46)31(52)43-14-7-10-22(43)30(51)42-13-6-9-21(42)27(48)40-24(17(2)45)29(50)39-20(32(53)54)8-5-12-37-33(35)36/h16-25,44-46H,5-15,34H2,1-4H3,(H,38,49)(H,39,50)(H,40,48)(H,41,47)(H,53,54)(H4,35,36,37)/t16-,17-,18-,19+,20+,21+,22+,23+,24+,25+/m1/s1. The number of aliphatic imine (C=N–C) groups is 1. The lowest BCUT2D eigenvalue weighted by atomic mass is 10.1. The Morgan fingerprint density at radius 2 is 1.35 bits per heavy atom. The summed E-state index contributed by atoms with van der Waals surface area (Å²) in [5.74, 6) is -5.72. The number of guanidine groups is 1. The predicted molar refractivity (Wildman–Crippen MR) is 201 cm³/mol. The molecule has 22 heteroatoms. The van der Waals surface area contributed by atoms with E-state index in [4.69, 9.17) is 17.2 Å². The summed E-state index contributed by atoms with van der Waals surface area (Å²) in [5.41, 5.74) is 16.3. The highest BCUT2D eigenvalue weighted by atomic mass is 32.2. The van der Waals surface area contributed by atoms with E-state index in [0.717, 1.165) is 0 Å². The van der Waals surface area contributed by atoms with Crippen molar-refractivity contribution in [3.05, 3.63) is 0 Å². The molecule has 2 heterocycles. The normalized spacial score (nSPS) is 21.2. The second kappa shape index (κ2) is 22.3. The molecule has 0 aromatic carbocycles. The van der Waals surface area contributed by atoms with Gasteiger partial charge in [-0.1, -0.05) is 0 Å². The molecule has 312 valence electrons. The summed E-state index contributed by atoms with van der Waals surface area (Å²) in [6.45, 7) is 4.20. The van der Waals surface area contributed by atoms with Crippen molar-refractivity contribution >= 4 is 59.1 Å². The Balaban J connectivity index is 2.19. The van der Waals surface area contributed by atoms with E-state index in [-0.39, 0.29) is 57.7 Å². The Morgan fingerprint density at radius 3 is 1.89 bits per heavy atom. The van der Waals surface area contributed by atoms with E-state index in [2.05, 4.69) is 26.3 Å². The molecule has 0 aliphatic carbocycles. The van der Waals surface area contributed by atoms with Crippen LogP contribution < -0.4 is 38.5 Å². The zero-order valence-corrected chi connectivity index (χ0v) is 32.5. The van der Waals surface area contributed by atoms with E-state index in [1.54, 1.807) is 6.26 Å². The zero-order valence-electron chi connectivity index (χ0n) is 31.7. The molecule has 2 saturated heterocycles. The molecule has 0 spiro atoms. The number of amides is 6. The molecule has 55 heavy (non-hydrogen) atoms. The molecule has 2 aliphatic heterocycles. The molecule has 0 radical (unpaired) electrons.